The second kappa shape index (κ2) is 7.56. The number of hydrogen-bond donors (Lipinski definition) is 2. The largest absolute Gasteiger partial charge is 0.573 e. The number of benzene rings is 1. The summed E-state index contributed by atoms with van der Waals surface area (Å²) in [5.41, 5.74) is 1.27. The van der Waals surface area contributed by atoms with Crippen LogP contribution >= 0.6 is 0 Å². The van der Waals surface area contributed by atoms with E-state index in [0.717, 1.165) is 0 Å². The van der Waals surface area contributed by atoms with E-state index in [0.29, 0.717) is 29.7 Å². The first kappa shape index (κ1) is 20.1. The summed E-state index contributed by atoms with van der Waals surface area (Å²) in [6.45, 7) is 4.34. The minimum atomic E-state index is -4.83. The molecule has 4 rings (SSSR count). The van der Waals surface area contributed by atoms with Gasteiger partial charge in [-0.3, -0.25) is 4.90 Å². The van der Waals surface area contributed by atoms with Crippen LogP contribution in [-0.4, -0.2) is 52.6 Å². The maximum atomic E-state index is 13.0. The Morgan fingerprint density at radius 3 is 2.83 bits per heavy atom. The highest BCUT2D eigenvalue weighted by Crippen LogP contribution is 2.32. The van der Waals surface area contributed by atoms with E-state index < -0.39 is 6.36 Å². The minimum absolute atomic E-state index is 0.181. The SMILES string of the molecule is Cc1cn(-c2ccc(NC3=NC4C(=CN3)OCC(C)N4C)cc2OC(F)(F)F)cn1. The molecule has 0 aliphatic carbocycles. The van der Waals surface area contributed by atoms with E-state index in [9.17, 15) is 13.2 Å². The van der Waals surface area contributed by atoms with E-state index in [2.05, 4.69) is 30.2 Å². The number of nitrogens with one attached hydrogen (secondary N) is 2. The van der Waals surface area contributed by atoms with E-state index in [4.69, 9.17) is 4.74 Å². The van der Waals surface area contributed by atoms with Crippen molar-refractivity contribution in [2.24, 2.45) is 4.99 Å². The van der Waals surface area contributed by atoms with E-state index in [1.165, 1.54) is 23.0 Å². The van der Waals surface area contributed by atoms with Crippen molar-refractivity contribution in [1.29, 1.82) is 0 Å². The molecule has 3 heterocycles. The lowest BCUT2D eigenvalue weighted by Crippen LogP contribution is -2.50. The van der Waals surface area contributed by atoms with Crippen LogP contribution in [-0.2, 0) is 4.74 Å². The first-order chi connectivity index (χ1) is 14.2. The molecule has 1 aromatic heterocycles. The monoisotopic (exact) mass is 422 g/mol. The average Bonchev–Trinajstić information content (AvgIpc) is 3.10. The van der Waals surface area contributed by atoms with E-state index in [1.54, 1.807) is 25.4 Å². The molecule has 11 heteroatoms. The van der Waals surface area contributed by atoms with E-state index in [1.807, 2.05) is 14.0 Å². The fourth-order valence-corrected chi connectivity index (χ4v) is 3.19. The van der Waals surface area contributed by atoms with Crippen LogP contribution in [0.5, 0.6) is 5.75 Å². The predicted molar refractivity (Wildman–Crippen MR) is 104 cm³/mol. The fourth-order valence-electron chi connectivity index (χ4n) is 3.19. The van der Waals surface area contributed by atoms with Crippen molar-refractivity contribution in [2.45, 2.75) is 32.4 Å². The maximum absolute atomic E-state index is 13.0. The van der Waals surface area contributed by atoms with Crippen molar-refractivity contribution in [2.75, 3.05) is 19.0 Å². The van der Waals surface area contributed by atoms with Gasteiger partial charge in [-0.1, -0.05) is 0 Å². The molecule has 0 spiro atoms. The number of fused-ring (bicyclic) bond motifs is 1. The van der Waals surface area contributed by atoms with Crippen LogP contribution in [0.3, 0.4) is 0 Å². The van der Waals surface area contributed by atoms with Crippen molar-refractivity contribution in [3.63, 3.8) is 0 Å². The summed E-state index contributed by atoms with van der Waals surface area (Å²) in [5.74, 6) is 0.717. The number of aromatic nitrogens is 2. The van der Waals surface area contributed by atoms with Gasteiger partial charge < -0.3 is 24.7 Å². The molecule has 2 unspecified atom stereocenters. The summed E-state index contributed by atoms with van der Waals surface area (Å²) < 4.78 is 50.3. The molecule has 2 aliphatic heterocycles. The third-order valence-corrected chi connectivity index (χ3v) is 4.87. The molecule has 1 aromatic carbocycles. The maximum Gasteiger partial charge on any atom is 0.573 e. The molecule has 2 atom stereocenters. The smallest absolute Gasteiger partial charge is 0.491 e. The predicted octanol–water partition coefficient (Wildman–Crippen LogP) is 2.97. The van der Waals surface area contributed by atoms with Crippen molar-refractivity contribution < 1.29 is 22.6 Å². The third-order valence-electron chi connectivity index (χ3n) is 4.87. The summed E-state index contributed by atoms with van der Waals surface area (Å²) in [6, 6.07) is 4.61. The molecular formula is C19H21F3N6O2. The highest BCUT2D eigenvalue weighted by molar-refractivity contribution is 5.95. The Hall–Kier alpha value is -3.21. The van der Waals surface area contributed by atoms with Crippen LogP contribution in [0.15, 0.2) is 47.7 Å². The van der Waals surface area contributed by atoms with Gasteiger partial charge in [0, 0.05) is 30.2 Å². The first-order valence-electron chi connectivity index (χ1n) is 9.26. The number of morpholine rings is 1. The second-order valence-corrected chi connectivity index (χ2v) is 7.15. The summed E-state index contributed by atoms with van der Waals surface area (Å²) in [5, 5.41) is 5.97. The molecule has 8 nitrogen and oxygen atoms in total. The number of imidazole rings is 1. The number of aliphatic imine (C=N–C) groups is 1. The molecule has 1 saturated heterocycles. The number of halogens is 3. The van der Waals surface area contributed by atoms with Crippen LogP contribution in [0.25, 0.3) is 5.69 Å². The van der Waals surface area contributed by atoms with E-state index in [-0.39, 0.29) is 23.6 Å². The molecule has 160 valence electrons. The van der Waals surface area contributed by atoms with Gasteiger partial charge in [0.2, 0.25) is 5.96 Å². The number of anilines is 1. The molecule has 2 aliphatic rings. The molecule has 0 saturated carbocycles. The third kappa shape index (κ3) is 4.20. The van der Waals surface area contributed by atoms with E-state index >= 15 is 0 Å². The van der Waals surface area contributed by atoms with Crippen LogP contribution in [0.4, 0.5) is 18.9 Å². The molecule has 1 fully saturated rings. The van der Waals surface area contributed by atoms with Crippen LogP contribution < -0.4 is 15.4 Å². The Bertz CT molecular complexity index is 1000. The summed E-state index contributed by atoms with van der Waals surface area (Å²) in [7, 11) is 1.94. The Labute approximate surface area is 171 Å². The average molecular weight is 422 g/mol. The number of nitrogens with zero attached hydrogens (tertiary/aromatic N) is 4. The number of alkyl halides is 3. The standard InChI is InChI=1S/C19H21F3N6O2/c1-11-8-28(10-24-11)14-5-4-13(6-15(14)30-19(20,21)22)25-18-23-7-16-17(26-18)27(3)12(2)9-29-16/h4-8,10,12,17H,9H2,1-3H3,(H2,23,25,26). The van der Waals surface area contributed by atoms with Crippen molar-refractivity contribution in [1.82, 2.24) is 19.8 Å². The van der Waals surface area contributed by atoms with Crippen molar-refractivity contribution in [3.8, 4) is 11.4 Å². The molecule has 0 radical (unpaired) electrons. The van der Waals surface area contributed by atoms with Gasteiger partial charge in [-0.25, -0.2) is 9.98 Å². The lowest BCUT2D eigenvalue weighted by Gasteiger charge is -2.38. The number of guanidine groups is 1. The van der Waals surface area contributed by atoms with Gasteiger partial charge in [-0.2, -0.15) is 0 Å². The molecule has 2 N–H and O–H groups in total. The van der Waals surface area contributed by atoms with Crippen molar-refractivity contribution in [3.05, 3.63) is 48.4 Å². The molecule has 2 aromatic rings. The van der Waals surface area contributed by atoms with Gasteiger partial charge in [-0.05, 0) is 33.0 Å². The highest BCUT2D eigenvalue weighted by Gasteiger charge is 2.34. The number of ether oxygens (including phenoxy) is 2. The second-order valence-electron chi connectivity index (χ2n) is 7.15. The van der Waals surface area contributed by atoms with Gasteiger partial charge in [0.25, 0.3) is 0 Å². The van der Waals surface area contributed by atoms with Crippen LogP contribution in [0, 0.1) is 6.92 Å². The van der Waals surface area contributed by atoms with Gasteiger partial charge in [-0.15, -0.1) is 13.2 Å². The van der Waals surface area contributed by atoms with Gasteiger partial charge in [0.15, 0.2) is 17.7 Å². The fraction of sp³-hybridized carbons (Fsp3) is 0.368. The summed E-state index contributed by atoms with van der Waals surface area (Å²) >= 11 is 0. The zero-order valence-corrected chi connectivity index (χ0v) is 16.6. The lowest BCUT2D eigenvalue weighted by molar-refractivity contribution is -0.274. The normalized spacial score (nSPS) is 21.7. The topological polar surface area (TPSA) is 75.9 Å². The molecule has 30 heavy (non-hydrogen) atoms. The summed E-state index contributed by atoms with van der Waals surface area (Å²) in [4.78, 5) is 10.7. The zero-order chi connectivity index (χ0) is 21.5. The minimum Gasteiger partial charge on any atom is -0.491 e. The van der Waals surface area contributed by atoms with Crippen LogP contribution in [0.2, 0.25) is 0 Å². The Balaban J connectivity index is 1.60. The van der Waals surface area contributed by atoms with Crippen LogP contribution in [0.1, 0.15) is 12.6 Å². The zero-order valence-electron chi connectivity index (χ0n) is 16.6. The number of likely N-dealkylation sites (N-methyl/N-ethyl adjacent to an activating group) is 1. The molecular weight excluding hydrogens is 401 g/mol. The Morgan fingerprint density at radius 2 is 2.13 bits per heavy atom. The molecule has 0 bridgehead atoms. The summed E-state index contributed by atoms with van der Waals surface area (Å²) in [6.07, 6.45) is -0.403. The van der Waals surface area contributed by atoms with Gasteiger partial charge in [0.1, 0.15) is 6.61 Å². The number of hydrogen-bond acceptors (Lipinski definition) is 7. The highest BCUT2D eigenvalue weighted by atomic mass is 19.4. The van der Waals surface area contributed by atoms with Gasteiger partial charge >= 0.3 is 6.36 Å². The Morgan fingerprint density at radius 1 is 1.33 bits per heavy atom. The Kier molecular flexibility index (Phi) is 5.06. The van der Waals surface area contributed by atoms with Crippen molar-refractivity contribution >= 4 is 11.6 Å². The number of rotatable bonds is 3. The quantitative estimate of drug-likeness (QED) is 0.792. The van der Waals surface area contributed by atoms with Gasteiger partial charge in [0.05, 0.1) is 17.7 Å². The number of aryl methyl sites for hydroxylation is 1. The molecule has 0 amide bonds. The first-order valence-corrected chi connectivity index (χ1v) is 9.26. The lowest BCUT2D eigenvalue weighted by atomic mass is 10.2.